The minimum absolute atomic E-state index is 0.127. The van der Waals surface area contributed by atoms with Crippen molar-refractivity contribution < 1.29 is 9.59 Å². The molecule has 0 saturated heterocycles. The summed E-state index contributed by atoms with van der Waals surface area (Å²) >= 11 is 0. The third kappa shape index (κ3) is 2.80. The molecule has 0 spiro atoms. The van der Waals surface area contributed by atoms with E-state index in [2.05, 4.69) is 16.9 Å². The van der Waals surface area contributed by atoms with Gasteiger partial charge in [0.2, 0.25) is 12.2 Å². The van der Waals surface area contributed by atoms with Gasteiger partial charge in [0.15, 0.2) is 0 Å². The average molecular weight is 244 g/mol. The van der Waals surface area contributed by atoms with Crippen molar-refractivity contribution >= 4 is 12.2 Å². The van der Waals surface area contributed by atoms with Gasteiger partial charge >= 0.3 is 0 Å². The van der Waals surface area contributed by atoms with E-state index in [-0.39, 0.29) is 6.54 Å². The molecule has 0 amide bonds. The number of carbonyl (C=O) groups excluding carboxylic acids is 2. The van der Waals surface area contributed by atoms with Crippen molar-refractivity contribution in [1.82, 2.24) is 0 Å². The Bertz CT molecular complexity index is 551. The molecule has 0 fully saturated rings. The van der Waals surface area contributed by atoms with Crippen LogP contribution < -0.4 is 0 Å². The van der Waals surface area contributed by atoms with Crippen molar-refractivity contribution in [2.45, 2.75) is 33.7 Å². The summed E-state index contributed by atoms with van der Waals surface area (Å²) in [5.41, 5.74) is 5.52. The van der Waals surface area contributed by atoms with Crippen molar-refractivity contribution in [3.8, 4) is 0 Å². The van der Waals surface area contributed by atoms with E-state index in [0.717, 1.165) is 16.7 Å². The summed E-state index contributed by atoms with van der Waals surface area (Å²) in [4.78, 5) is 27.9. The lowest BCUT2D eigenvalue weighted by molar-refractivity contribution is 0.553. The normalized spacial score (nSPS) is 11.3. The summed E-state index contributed by atoms with van der Waals surface area (Å²) in [6, 6.07) is 1.53. The van der Waals surface area contributed by atoms with Crippen LogP contribution >= 0.6 is 0 Å². The molecular weight excluding hydrogens is 228 g/mol. The Kier molecular flexibility index (Phi) is 4.73. The van der Waals surface area contributed by atoms with Crippen LogP contribution in [0.2, 0.25) is 0 Å². The molecule has 18 heavy (non-hydrogen) atoms. The van der Waals surface area contributed by atoms with Gasteiger partial charge in [-0.3, -0.25) is 0 Å². The summed E-state index contributed by atoms with van der Waals surface area (Å²) in [5, 5.41) is 0. The van der Waals surface area contributed by atoms with E-state index in [1.54, 1.807) is 6.08 Å². The molecule has 4 heteroatoms. The van der Waals surface area contributed by atoms with E-state index in [1.165, 1.54) is 17.2 Å². The van der Waals surface area contributed by atoms with Crippen LogP contribution in [0.25, 0.3) is 0 Å². The third-order valence-corrected chi connectivity index (χ3v) is 3.42. The highest BCUT2D eigenvalue weighted by Gasteiger charge is 2.16. The summed E-state index contributed by atoms with van der Waals surface area (Å²) in [5.74, 6) is 0. The summed E-state index contributed by atoms with van der Waals surface area (Å²) in [6.45, 7) is 8.21. The van der Waals surface area contributed by atoms with Gasteiger partial charge < -0.3 is 0 Å². The topological polar surface area (TPSA) is 58.9 Å². The minimum atomic E-state index is -0.457. The summed E-state index contributed by atoms with van der Waals surface area (Å²) in [7, 11) is 0. The Labute approximate surface area is 106 Å². The number of hydrogen-bond acceptors (Lipinski definition) is 4. The van der Waals surface area contributed by atoms with Gasteiger partial charge in [0, 0.05) is 0 Å². The van der Waals surface area contributed by atoms with Gasteiger partial charge in [-0.15, -0.1) is 0 Å². The smallest absolute Gasteiger partial charge is 0.211 e. The molecule has 0 heterocycles. The Morgan fingerprint density at radius 2 is 1.72 bits per heavy atom. The molecule has 0 saturated carbocycles. The van der Waals surface area contributed by atoms with Crippen LogP contribution in [0.5, 0.6) is 0 Å². The lowest BCUT2D eigenvalue weighted by Gasteiger charge is -2.17. The molecule has 0 aliphatic heterocycles. The second kappa shape index (κ2) is 6.06. The molecular formula is C14H16N2O2. The van der Waals surface area contributed by atoms with Crippen LogP contribution in [0.1, 0.15) is 33.9 Å². The second-order valence-corrected chi connectivity index (χ2v) is 4.33. The monoisotopic (exact) mass is 244 g/mol. The first-order chi connectivity index (χ1) is 8.52. The van der Waals surface area contributed by atoms with Crippen molar-refractivity contribution in [2.24, 2.45) is 9.98 Å². The van der Waals surface area contributed by atoms with E-state index >= 15 is 0 Å². The first kappa shape index (κ1) is 14.0. The molecule has 1 aromatic rings. The van der Waals surface area contributed by atoms with E-state index in [4.69, 9.17) is 0 Å². The highest BCUT2D eigenvalue weighted by atomic mass is 16.1. The maximum Gasteiger partial charge on any atom is 0.235 e. The molecule has 94 valence electrons. The Morgan fingerprint density at radius 1 is 1.06 bits per heavy atom. The number of hydrogen-bond donors (Lipinski definition) is 0. The maximum absolute atomic E-state index is 10.5. The number of benzene rings is 1. The molecule has 1 rings (SSSR count). The molecule has 1 aromatic carbocycles. The van der Waals surface area contributed by atoms with E-state index < -0.39 is 6.04 Å². The zero-order chi connectivity index (χ0) is 13.7. The standard InChI is InChI=1S/C14H16N2O2/c1-9-5-13(12(4)11(3)10(9)2)14(16-8-18)6-15-7-17/h5,14H,6H2,1-4H3. The Morgan fingerprint density at radius 3 is 2.28 bits per heavy atom. The Balaban J connectivity index is 3.36. The number of isocyanates is 2. The lowest BCUT2D eigenvalue weighted by atomic mass is 9.91. The molecule has 1 atom stereocenters. The highest BCUT2D eigenvalue weighted by molar-refractivity contribution is 5.47. The van der Waals surface area contributed by atoms with Crippen molar-refractivity contribution in [3.05, 3.63) is 33.9 Å². The number of nitrogens with zero attached hydrogens (tertiary/aromatic N) is 2. The van der Waals surface area contributed by atoms with Gasteiger partial charge in [-0.25, -0.2) is 14.6 Å². The lowest BCUT2D eigenvalue weighted by Crippen LogP contribution is -2.06. The summed E-state index contributed by atoms with van der Waals surface area (Å²) in [6.07, 6.45) is 3.01. The van der Waals surface area contributed by atoms with Gasteiger partial charge in [-0.2, -0.15) is 4.99 Å². The quantitative estimate of drug-likeness (QED) is 0.603. The average Bonchev–Trinajstić information content (AvgIpc) is 2.36. The van der Waals surface area contributed by atoms with Crippen molar-refractivity contribution in [3.63, 3.8) is 0 Å². The SMILES string of the molecule is Cc1cc(C(CN=C=O)N=C=O)c(C)c(C)c1C. The van der Waals surface area contributed by atoms with Crippen molar-refractivity contribution in [1.29, 1.82) is 0 Å². The fourth-order valence-electron chi connectivity index (χ4n) is 1.99. The van der Waals surface area contributed by atoms with E-state index in [0.29, 0.717) is 0 Å². The highest BCUT2D eigenvalue weighted by Crippen LogP contribution is 2.28. The third-order valence-electron chi connectivity index (χ3n) is 3.42. The van der Waals surface area contributed by atoms with Gasteiger partial charge in [0.1, 0.15) is 6.04 Å². The van der Waals surface area contributed by atoms with Crippen LogP contribution in [-0.2, 0) is 9.59 Å². The van der Waals surface area contributed by atoms with Crippen LogP contribution in [0.4, 0.5) is 0 Å². The first-order valence-electron chi connectivity index (χ1n) is 5.70. The number of aryl methyl sites for hydroxylation is 1. The number of aliphatic imine (C=N–C) groups is 2. The van der Waals surface area contributed by atoms with Gasteiger partial charge in [-0.1, -0.05) is 6.07 Å². The molecule has 4 nitrogen and oxygen atoms in total. The maximum atomic E-state index is 10.5. The number of rotatable bonds is 4. The van der Waals surface area contributed by atoms with Gasteiger partial charge in [0.05, 0.1) is 6.54 Å². The van der Waals surface area contributed by atoms with Crippen LogP contribution in [0.15, 0.2) is 16.1 Å². The van der Waals surface area contributed by atoms with E-state index in [9.17, 15) is 9.59 Å². The molecule has 0 aliphatic rings. The van der Waals surface area contributed by atoms with Gasteiger partial charge in [-0.05, 0) is 55.5 Å². The molecule has 0 aliphatic carbocycles. The predicted octanol–water partition coefficient (Wildman–Crippen LogP) is 2.63. The second-order valence-electron chi connectivity index (χ2n) is 4.33. The van der Waals surface area contributed by atoms with Crippen LogP contribution in [0.3, 0.4) is 0 Å². The largest absolute Gasteiger partial charge is 0.235 e. The Hall–Kier alpha value is -2.02. The fraction of sp³-hybridized carbons (Fsp3) is 0.429. The van der Waals surface area contributed by atoms with Crippen LogP contribution in [0, 0.1) is 27.7 Å². The molecule has 1 unspecified atom stereocenters. The van der Waals surface area contributed by atoms with Crippen LogP contribution in [-0.4, -0.2) is 18.7 Å². The molecule has 0 aromatic heterocycles. The zero-order valence-corrected chi connectivity index (χ0v) is 11.1. The molecule has 0 N–H and O–H groups in total. The molecule has 0 radical (unpaired) electrons. The fourth-order valence-corrected chi connectivity index (χ4v) is 1.99. The minimum Gasteiger partial charge on any atom is -0.211 e. The van der Waals surface area contributed by atoms with Crippen molar-refractivity contribution in [2.75, 3.05) is 6.54 Å². The zero-order valence-electron chi connectivity index (χ0n) is 11.1. The summed E-state index contributed by atoms with van der Waals surface area (Å²) < 4.78 is 0. The predicted molar refractivity (Wildman–Crippen MR) is 69.2 cm³/mol. The van der Waals surface area contributed by atoms with Gasteiger partial charge in [0.25, 0.3) is 0 Å². The van der Waals surface area contributed by atoms with E-state index in [1.807, 2.05) is 26.8 Å². The molecule has 0 bridgehead atoms. The first-order valence-corrected chi connectivity index (χ1v) is 5.70.